The standard InChI is InChI=1S/C12H14N4O2/c1-16-8-9(6-15-16)4-5-18-12(17)11-3-2-10(13)7-14-11/h2-3,6-8H,4-5,13H2,1H3. The second-order valence-electron chi connectivity index (χ2n) is 3.88. The van der Waals surface area contributed by atoms with Crippen molar-refractivity contribution in [3.63, 3.8) is 0 Å². The van der Waals surface area contributed by atoms with Crippen molar-refractivity contribution in [1.82, 2.24) is 14.8 Å². The first-order valence-electron chi connectivity index (χ1n) is 5.51. The lowest BCUT2D eigenvalue weighted by atomic mass is 10.3. The summed E-state index contributed by atoms with van der Waals surface area (Å²) in [4.78, 5) is 15.5. The Morgan fingerprint density at radius 1 is 1.44 bits per heavy atom. The van der Waals surface area contributed by atoms with Gasteiger partial charge in [-0.05, 0) is 17.7 Å². The zero-order chi connectivity index (χ0) is 13.0. The number of hydrogen-bond donors (Lipinski definition) is 1. The van der Waals surface area contributed by atoms with Crippen LogP contribution in [0.3, 0.4) is 0 Å². The van der Waals surface area contributed by atoms with Gasteiger partial charge in [0.25, 0.3) is 0 Å². The van der Waals surface area contributed by atoms with E-state index < -0.39 is 5.97 Å². The molecule has 0 aliphatic heterocycles. The second kappa shape index (κ2) is 5.31. The van der Waals surface area contributed by atoms with Gasteiger partial charge in [-0.25, -0.2) is 9.78 Å². The number of ether oxygens (including phenoxy) is 1. The largest absolute Gasteiger partial charge is 0.461 e. The molecule has 0 saturated carbocycles. The molecule has 0 fully saturated rings. The number of aryl methyl sites for hydroxylation is 1. The highest BCUT2D eigenvalue weighted by atomic mass is 16.5. The predicted molar refractivity (Wildman–Crippen MR) is 65.8 cm³/mol. The number of nitrogen functional groups attached to an aromatic ring is 1. The Labute approximate surface area is 104 Å². The lowest BCUT2D eigenvalue weighted by Gasteiger charge is -2.03. The molecular formula is C12H14N4O2. The van der Waals surface area contributed by atoms with E-state index in [4.69, 9.17) is 10.5 Å². The van der Waals surface area contributed by atoms with E-state index in [2.05, 4.69) is 10.1 Å². The smallest absolute Gasteiger partial charge is 0.356 e. The first-order valence-corrected chi connectivity index (χ1v) is 5.51. The van der Waals surface area contributed by atoms with Crippen molar-refractivity contribution in [2.75, 3.05) is 12.3 Å². The fourth-order valence-electron chi connectivity index (χ4n) is 1.46. The Bertz CT molecular complexity index is 533. The van der Waals surface area contributed by atoms with E-state index in [1.807, 2.05) is 13.2 Å². The zero-order valence-electron chi connectivity index (χ0n) is 10.0. The Morgan fingerprint density at radius 2 is 2.28 bits per heavy atom. The van der Waals surface area contributed by atoms with Crippen LogP contribution in [0.2, 0.25) is 0 Å². The van der Waals surface area contributed by atoms with Crippen LogP contribution >= 0.6 is 0 Å². The summed E-state index contributed by atoms with van der Waals surface area (Å²) in [6, 6.07) is 3.16. The number of pyridine rings is 1. The average molecular weight is 246 g/mol. The number of nitrogens with two attached hydrogens (primary N) is 1. The number of anilines is 1. The monoisotopic (exact) mass is 246 g/mol. The predicted octanol–water partition coefficient (Wildman–Crippen LogP) is 0.797. The first kappa shape index (κ1) is 12.1. The molecule has 6 heteroatoms. The van der Waals surface area contributed by atoms with Crippen LogP contribution in [0.15, 0.2) is 30.7 Å². The number of esters is 1. The third-order valence-corrected chi connectivity index (χ3v) is 2.38. The quantitative estimate of drug-likeness (QED) is 0.807. The van der Waals surface area contributed by atoms with Gasteiger partial charge in [0.05, 0.1) is 24.7 Å². The van der Waals surface area contributed by atoms with E-state index >= 15 is 0 Å². The Kier molecular flexibility index (Phi) is 3.57. The third-order valence-electron chi connectivity index (χ3n) is 2.38. The number of nitrogens with zero attached hydrogens (tertiary/aromatic N) is 3. The molecule has 2 heterocycles. The number of rotatable bonds is 4. The van der Waals surface area contributed by atoms with Gasteiger partial charge >= 0.3 is 5.97 Å². The van der Waals surface area contributed by atoms with Crippen molar-refractivity contribution in [2.45, 2.75) is 6.42 Å². The summed E-state index contributed by atoms with van der Waals surface area (Å²) in [6.45, 7) is 0.302. The molecule has 0 unspecified atom stereocenters. The SMILES string of the molecule is Cn1cc(CCOC(=O)c2ccc(N)cn2)cn1. The fourth-order valence-corrected chi connectivity index (χ4v) is 1.46. The highest BCUT2D eigenvalue weighted by molar-refractivity contribution is 5.87. The van der Waals surface area contributed by atoms with Crippen LogP contribution in [0.1, 0.15) is 16.1 Å². The molecule has 0 amide bonds. The molecule has 0 aliphatic rings. The summed E-state index contributed by atoms with van der Waals surface area (Å²) >= 11 is 0. The minimum absolute atomic E-state index is 0.260. The molecule has 18 heavy (non-hydrogen) atoms. The van der Waals surface area contributed by atoms with Crippen LogP contribution in [0.25, 0.3) is 0 Å². The van der Waals surface area contributed by atoms with Crippen molar-refractivity contribution < 1.29 is 9.53 Å². The summed E-state index contributed by atoms with van der Waals surface area (Å²) in [6.07, 6.45) is 5.69. The van der Waals surface area contributed by atoms with Crippen molar-refractivity contribution >= 4 is 11.7 Å². The van der Waals surface area contributed by atoms with Gasteiger partial charge in [-0.1, -0.05) is 0 Å². The zero-order valence-corrected chi connectivity index (χ0v) is 10.0. The van der Waals surface area contributed by atoms with Gasteiger partial charge in [0.1, 0.15) is 5.69 Å². The molecule has 2 N–H and O–H groups in total. The van der Waals surface area contributed by atoms with Crippen molar-refractivity contribution in [3.05, 3.63) is 42.0 Å². The topological polar surface area (TPSA) is 83.0 Å². The molecule has 0 saturated heterocycles. The van der Waals surface area contributed by atoms with Crippen molar-refractivity contribution in [3.8, 4) is 0 Å². The van der Waals surface area contributed by atoms with Crippen LogP contribution in [0.4, 0.5) is 5.69 Å². The van der Waals surface area contributed by atoms with E-state index in [1.165, 1.54) is 6.20 Å². The second-order valence-corrected chi connectivity index (χ2v) is 3.88. The number of aromatic nitrogens is 3. The van der Waals surface area contributed by atoms with Crippen LogP contribution in [0.5, 0.6) is 0 Å². The normalized spacial score (nSPS) is 10.3. The van der Waals surface area contributed by atoms with Crippen molar-refractivity contribution in [2.24, 2.45) is 7.05 Å². The minimum Gasteiger partial charge on any atom is -0.461 e. The molecule has 2 aromatic heterocycles. The molecule has 0 atom stereocenters. The van der Waals surface area contributed by atoms with Crippen LogP contribution in [-0.2, 0) is 18.2 Å². The van der Waals surface area contributed by atoms with E-state index in [1.54, 1.807) is 23.0 Å². The third kappa shape index (κ3) is 3.07. The molecule has 94 valence electrons. The molecule has 2 aromatic rings. The van der Waals surface area contributed by atoms with E-state index in [-0.39, 0.29) is 5.69 Å². The molecule has 0 aliphatic carbocycles. The first-order chi connectivity index (χ1) is 8.65. The van der Waals surface area contributed by atoms with Gasteiger partial charge in [0, 0.05) is 19.7 Å². The number of carbonyl (C=O) groups is 1. The molecule has 0 bridgehead atoms. The van der Waals surface area contributed by atoms with E-state index in [9.17, 15) is 4.79 Å². The Balaban J connectivity index is 1.83. The summed E-state index contributed by atoms with van der Waals surface area (Å²) in [5, 5.41) is 4.03. The lowest BCUT2D eigenvalue weighted by Crippen LogP contribution is -2.09. The molecule has 0 radical (unpaired) electrons. The Hall–Kier alpha value is -2.37. The molecule has 2 rings (SSSR count). The number of hydrogen-bond acceptors (Lipinski definition) is 5. The van der Waals surface area contributed by atoms with Gasteiger partial charge in [-0.2, -0.15) is 5.10 Å². The molecule has 0 aromatic carbocycles. The van der Waals surface area contributed by atoms with Gasteiger partial charge in [-0.3, -0.25) is 4.68 Å². The van der Waals surface area contributed by atoms with Gasteiger partial charge in [0.2, 0.25) is 0 Å². The maximum absolute atomic E-state index is 11.6. The highest BCUT2D eigenvalue weighted by Crippen LogP contribution is 2.04. The molecule has 6 nitrogen and oxygen atoms in total. The number of carbonyl (C=O) groups excluding carboxylic acids is 1. The summed E-state index contributed by atoms with van der Waals surface area (Å²) in [7, 11) is 1.84. The van der Waals surface area contributed by atoms with Crippen LogP contribution in [-0.4, -0.2) is 27.3 Å². The average Bonchev–Trinajstić information content (AvgIpc) is 2.76. The fraction of sp³-hybridized carbons (Fsp3) is 0.250. The Morgan fingerprint density at radius 3 is 2.89 bits per heavy atom. The van der Waals surface area contributed by atoms with E-state index in [0.717, 1.165) is 5.56 Å². The van der Waals surface area contributed by atoms with Gasteiger partial charge in [0.15, 0.2) is 0 Å². The van der Waals surface area contributed by atoms with Crippen LogP contribution in [0, 0.1) is 0 Å². The van der Waals surface area contributed by atoms with Crippen LogP contribution < -0.4 is 5.73 Å². The summed E-state index contributed by atoms with van der Waals surface area (Å²) < 4.78 is 6.81. The van der Waals surface area contributed by atoms with Crippen molar-refractivity contribution in [1.29, 1.82) is 0 Å². The van der Waals surface area contributed by atoms with Gasteiger partial charge in [-0.15, -0.1) is 0 Å². The maximum atomic E-state index is 11.6. The van der Waals surface area contributed by atoms with Gasteiger partial charge < -0.3 is 10.5 Å². The minimum atomic E-state index is -0.445. The summed E-state index contributed by atoms with van der Waals surface area (Å²) in [5.41, 5.74) is 7.28. The molecule has 0 spiro atoms. The molecular weight excluding hydrogens is 232 g/mol. The maximum Gasteiger partial charge on any atom is 0.356 e. The highest BCUT2D eigenvalue weighted by Gasteiger charge is 2.08. The lowest BCUT2D eigenvalue weighted by molar-refractivity contribution is 0.0502. The summed E-state index contributed by atoms with van der Waals surface area (Å²) in [5.74, 6) is -0.445. The van der Waals surface area contributed by atoms with E-state index in [0.29, 0.717) is 18.7 Å².